The first-order valence-corrected chi connectivity index (χ1v) is 16.2. The van der Waals surface area contributed by atoms with E-state index in [1.165, 1.54) is 11.3 Å². The predicted octanol–water partition coefficient (Wildman–Crippen LogP) is 6.04. The summed E-state index contributed by atoms with van der Waals surface area (Å²) in [6.45, 7) is 6.42. The van der Waals surface area contributed by atoms with Crippen molar-refractivity contribution in [2.75, 3.05) is 20.3 Å². The zero-order chi connectivity index (χ0) is 31.4. The van der Waals surface area contributed by atoms with Gasteiger partial charge in [-0.3, -0.25) is 9.36 Å². The predicted molar refractivity (Wildman–Crippen MR) is 180 cm³/mol. The van der Waals surface area contributed by atoms with Crippen molar-refractivity contribution in [3.63, 3.8) is 0 Å². The third kappa shape index (κ3) is 6.72. The number of benzene rings is 3. The average molecular weight is 745 g/mol. The molecule has 1 aliphatic heterocycles. The van der Waals surface area contributed by atoms with Gasteiger partial charge in [0.05, 0.1) is 42.2 Å². The van der Waals surface area contributed by atoms with Crippen LogP contribution in [-0.2, 0) is 16.1 Å². The molecule has 44 heavy (non-hydrogen) atoms. The quantitative estimate of drug-likeness (QED) is 0.145. The fraction of sp³-hybridized carbons (Fsp3) is 0.242. The SMILES string of the molecule is CCOC(=O)C1=C(C)N=c2s/c(=C\c3cc(I)cc(OC)c3OCc3ccc(Cl)cc3)c(=O)n2[C@H]1c1ccc(OCC)cc1. The Kier molecular flexibility index (Phi) is 10.1. The number of aromatic nitrogens is 1. The lowest BCUT2D eigenvalue weighted by atomic mass is 9.96. The van der Waals surface area contributed by atoms with Crippen molar-refractivity contribution in [3.05, 3.63) is 117 Å². The van der Waals surface area contributed by atoms with Crippen LogP contribution in [0.5, 0.6) is 17.2 Å². The van der Waals surface area contributed by atoms with Crippen molar-refractivity contribution < 1.29 is 23.7 Å². The smallest absolute Gasteiger partial charge is 0.338 e. The third-order valence-corrected chi connectivity index (χ3v) is 8.73. The molecule has 8 nitrogen and oxygen atoms in total. The first-order chi connectivity index (χ1) is 21.2. The molecule has 0 N–H and O–H groups in total. The van der Waals surface area contributed by atoms with E-state index in [0.29, 0.717) is 55.0 Å². The van der Waals surface area contributed by atoms with Crippen LogP contribution in [0, 0.1) is 3.57 Å². The molecule has 2 heterocycles. The van der Waals surface area contributed by atoms with Crippen molar-refractivity contribution in [3.8, 4) is 17.2 Å². The van der Waals surface area contributed by atoms with E-state index in [0.717, 1.165) is 14.7 Å². The number of fused-ring (bicyclic) bond motifs is 1. The van der Waals surface area contributed by atoms with Crippen LogP contribution in [-0.4, -0.2) is 30.9 Å². The van der Waals surface area contributed by atoms with Gasteiger partial charge in [0, 0.05) is 14.2 Å². The molecule has 1 aliphatic rings. The number of hydrogen-bond acceptors (Lipinski definition) is 8. The number of carbonyl (C=O) groups is 1. The molecule has 0 radical (unpaired) electrons. The third-order valence-electron chi connectivity index (χ3n) is 6.88. The van der Waals surface area contributed by atoms with Gasteiger partial charge in [0.25, 0.3) is 5.56 Å². The normalized spacial score (nSPS) is 14.6. The number of esters is 1. The minimum Gasteiger partial charge on any atom is -0.494 e. The Balaban J connectivity index is 1.64. The Morgan fingerprint density at radius 3 is 2.45 bits per heavy atom. The molecule has 228 valence electrons. The van der Waals surface area contributed by atoms with Gasteiger partial charge in [-0.05, 0) is 97.0 Å². The van der Waals surface area contributed by atoms with E-state index in [-0.39, 0.29) is 18.8 Å². The number of thiazole rings is 1. The molecular formula is C33H30ClIN2O6S. The van der Waals surface area contributed by atoms with E-state index < -0.39 is 12.0 Å². The van der Waals surface area contributed by atoms with Crippen LogP contribution >= 0.6 is 45.5 Å². The molecule has 11 heteroatoms. The molecule has 0 amide bonds. The van der Waals surface area contributed by atoms with Gasteiger partial charge in [0.15, 0.2) is 16.3 Å². The monoisotopic (exact) mass is 744 g/mol. The van der Waals surface area contributed by atoms with Crippen molar-refractivity contribution in [1.82, 2.24) is 4.57 Å². The highest BCUT2D eigenvalue weighted by Crippen LogP contribution is 2.35. The van der Waals surface area contributed by atoms with Gasteiger partial charge in [-0.2, -0.15) is 0 Å². The van der Waals surface area contributed by atoms with E-state index in [4.69, 9.17) is 30.5 Å². The van der Waals surface area contributed by atoms with Crippen LogP contribution in [0.4, 0.5) is 0 Å². The largest absolute Gasteiger partial charge is 0.494 e. The van der Waals surface area contributed by atoms with Gasteiger partial charge < -0.3 is 18.9 Å². The van der Waals surface area contributed by atoms with Gasteiger partial charge in [-0.1, -0.05) is 47.2 Å². The second-order valence-corrected chi connectivity index (χ2v) is 12.4. The van der Waals surface area contributed by atoms with Crippen molar-refractivity contribution in [2.45, 2.75) is 33.4 Å². The summed E-state index contributed by atoms with van der Waals surface area (Å²) >= 11 is 9.50. The summed E-state index contributed by atoms with van der Waals surface area (Å²) in [7, 11) is 1.58. The van der Waals surface area contributed by atoms with Gasteiger partial charge in [0.2, 0.25) is 0 Å². The maximum atomic E-state index is 14.2. The molecule has 0 bridgehead atoms. The van der Waals surface area contributed by atoms with Crippen LogP contribution in [0.25, 0.3) is 6.08 Å². The summed E-state index contributed by atoms with van der Waals surface area (Å²) in [4.78, 5) is 32.5. The van der Waals surface area contributed by atoms with Crippen LogP contribution in [0.3, 0.4) is 0 Å². The molecule has 0 saturated heterocycles. The fourth-order valence-electron chi connectivity index (χ4n) is 4.90. The average Bonchev–Trinajstić information content (AvgIpc) is 3.31. The van der Waals surface area contributed by atoms with E-state index >= 15 is 0 Å². The number of carbonyl (C=O) groups excluding carboxylic acids is 1. The lowest BCUT2D eigenvalue weighted by Gasteiger charge is -2.24. The molecule has 1 atom stereocenters. The number of allylic oxidation sites excluding steroid dienone is 1. The molecule has 0 spiro atoms. The first kappa shape index (κ1) is 31.8. The lowest BCUT2D eigenvalue weighted by molar-refractivity contribution is -0.139. The summed E-state index contributed by atoms with van der Waals surface area (Å²) in [5.41, 5.74) is 2.87. The zero-order valence-corrected chi connectivity index (χ0v) is 28.3. The highest BCUT2D eigenvalue weighted by atomic mass is 127. The van der Waals surface area contributed by atoms with E-state index in [1.807, 2.05) is 55.5 Å². The Labute approximate surface area is 277 Å². The molecular weight excluding hydrogens is 715 g/mol. The Bertz CT molecular complexity index is 1900. The molecule has 0 aliphatic carbocycles. The fourth-order valence-corrected chi connectivity index (χ4v) is 6.68. The first-order valence-electron chi connectivity index (χ1n) is 13.9. The Hall–Kier alpha value is -3.61. The maximum Gasteiger partial charge on any atom is 0.338 e. The van der Waals surface area contributed by atoms with Gasteiger partial charge in [-0.15, -0.1) is 0 Å². The van der Waals surface area contributed by atoms with E-state index in [2.05, 4.69) is 27.6 Å². The summed E-state index contributed by atoms with van der Waals surface area (Å²) < 4.78 is 25.8. The Morgan fingerprint density at radius 1 is 1.07 bits per heavy atom. The minimum absolute atomic E-state index is 0.198. The number of hydrogen-bond donors (Lipinski definition) is 0. The highest BCUT2D eigenvalue weighted by molar-refractivity contribution is 14.1. The summed E-state index contributed by atoms with van der Waals surface area (Å²) in [5.74, 6) is 1.22. The number of nitrogens with zero attached hydrogens (tertiary/aromatic N) is 2. The zero-order valence-electron chi connectivity index (χ0n) is 24.6. The minimum atomic E-state index is -0.728. The second kappa shape index (κ2) is 14.0. The van der Waals surface area contributed by atoms with E-state index in [9.17, 15) is 9.59 Å². The second-order valence-electron chi connectivity index (χ2n) is 9.75. The molecule has 0 fully saturated rings. The standard InChI is InChI=1S/C33H30ClIN2O6S/c1-5-41-25-13-9-21(10-14-25)29-28(32(39)42-6-2)19(3)36-33-37(29)31(38)27(44-33)16-22-15-24(35)17-26(40-4)30(22)43-18-20-7-11-23(34)12-8-20/h7-17,29H,5-6,18H2,1-4H3/b27-16-/t29-/m0/s1. The maximum absolute atomic E-state index is 14.2. The number of ether oxygens (including phenoxy) is 4. The summed E-state index contributed by atoms with van der Waals surface area (Å²) in [6, 6.07) is 17.8. The molecule has 3 aromatic carbocycles. The van der Waals surface area contributed by atoms with Crippen LogP contribution in [0.2, 0.25) is 5.02 Å². The number of halogens is 2. The van der Waals surface area contributed by atoms with Crippen molar-refractivity contribution in [2.24, 2.45) is 4.99 Å². The Morgan fingerprint density at radius 2 is 1.80 bits per heavy atom. The van der Waals surface area contributed by atoms with Gasteiger partial charge in [-0.25, -0.2) is 9.79 Å². The van der Waals surface area contributed by atoms with Crippen molar-refractivity contribution >= 4 is 57.6 Å². The number of rotatable bonds is 10. The molecule has 0 saturated carbocycles. The van der Waals surface area contributed by atoms with Crippen molar-refractivity contribution in [1.29, 1.82) is 0 Å². The summed E-state index contributed by atoms with van der Waals surface area (Å²) in [5, 5.41) is 0.640. The molecule has 0 unspecified atom stereocenters. The van der Waals surface area contributed by atoms with E-state index in [1.54, 1.807) is 43.7 Å². The van der Waals surface area contributed by atoms with Crippen LogP contribution < -0.4 is 29.1 Å². The summed E-state index contributed by atoms with van der Waals surface area (Å²) in [6.07, 6.45) is 1.78. The number of methoxy groups -OCH3 is 1. The molecule has 4 aromatic rings. The topological polar surface area (TPSA) is 88.4 Å². The van der Waals surface area contributed by atoms with Gasteiger partial charge in [0.1, 0.15) is 12.4 Å². The molecule has 5 rings (SSSR count). The van der Waals surface area contributed by atoms with Crippen LogP contribution in [0.1, 0.15) is 43.5 Å². The molecule has 1 aromatic heterocycles. The van der Waals surface area contributed by atoms with Gasteiger partial charge >= 0.3 is 5.97 Å². The lowest BCUT2D eigenvalue weighted by Crippen LogP contribution is -2.39. The van der Waals surface area contributed by atoms with Crippen LogP contribution in [0.15, 0.2) is 81.7 Å². The highest BCUT2D eigenvalue weighted by Gasteiger charge is 2.33.